The van der Waals surface area contributed by atoms with Crippen LogP contribution in [0.25, 0.3) is 0 Å². The van der Waals surface area contributed by atoms with Gasteiger partial charge < -0.3 is 10.1 Å². The van der Waals surface area contributed by atoms with Crippen molar-refractivity contribution in [3.8, 4) is 5.75 Å². The number of aryl methyl sites for hydroxylation is 1. The van der Waals surface area contributed by atoms with E-state index in [1.807, 2.05) is 0 Å². The zero-order valence-electron chi connectivity index (χ0n) is 16.9. The van der Waals surface area contributed by atoms with Crippen LogP contribution in [-0.2, 0) is 28.4 Å². The molecule has 1 aliphatic rings. The number of aromatic nitrogens is 2. The van der Waals surface area contributed by atoms with Gasteiger partial charge in [-0.25, -0.2) is 12.8 Å². The van der Waals surface area contributed by atoms with E-state index in [0.717, 1.165) is 12.1 Å². The molecule has 1 amide bonds. The molecule has 0 fully saturated rings. The van der Waals surface area contributed by atoms with Gasteiger partial charge in [-0.3, -0.25) is 9.48 Å². The number of methoxy groups -OCH3 is 1. The Morgan fingerprint density at radius 3 is 2.61 bits per heavy atom. The van der Waals surface area contributed by atoms with Gasteiger partial charge in [-0.05, 0) is 36.4 Å². The first-order valence-electron chi connectivity index (χ1n) is 9.51. The standard InChI is InChI=1S/C21H21FN4O4S/c1-25-11-14-12-26(31(28,29)16-9-7-15(22)8-10-16)13-17(20(14)24-25)21(27)23-18-5-3-4-6-19(18)30-2/h3-11,17H,12-13H2,1-2H3,(H,23,27)/t17-/m0/s1. The van der Waals surface area contributed by atoms with Crippen molar-refractivity contribution in [3.63, 3.8) is 0 Å². The maximum absolute atomic E-state index is 13.3. The molecule has 8 nitrogen and oxygen atoms in total. The zero-order valence-corrected chi connectivity index (χ0v) is 17.8. The van der Waals surface area contributed by atoms with E-state index in [2.05, 4.69) is 10.4 Å². The summed E-state index contributed by atoms with van der Waals surface area (Å²) in [4.78, 5) is 13.1. The minimum Gasteiger partial charge on any atom is -0.495 e. The number of hydrogen-bond donors (Lipinski definition) is 1. The number of fused-ring (bicyclic) bond motifs is 1. The quantitative estimate of drug-likeness (QED) is 0.653. The van der Waals surface area contributed by atoms with Crippen LogP contribution in [0.1, 0.15) is 17.2 Å². The second kappa shape index (κ2) is 8.12. The molecule has 10 heteroatoms. The molecule has 1 N–H and O–H groups in total. The summed E-state index contributed by atoms with van der Waals surface area (Å²) < 4.78 is 47.7. The van der Waals surface area contributed by atoms with Crippen molar-refractivity contribution in [1.29, 1.82) is 0 Å². The van der Waals surface area contributed by atoms with Crippen molar-refractivity contribution in [1.82, 2.24) is 14.1 Å². The maximum atomic E-state index is 13.3. The van der Waals surface area contributed by atoms with Crippen LogP contribution in [-0.4, -0.2) is 42.1 Å². The van der Waals surface area contributed by atoms with Crippen LogP contribution in [0.2, 0.25) is 0 Å². The van der Waals surface area contributed by atoms with Crippen LogP contribution < -0.4 is 10.1 Å². The summed E-state index contributed by atoms with van der Waals surface area (Å²) in [5, 5.41) is 7.21. The highest BCUT2D eigenvalue weighted by Crippen LogP contribution is 2.33. The van der Waals surface area contributed by atoms with E-state index >= 15 is 0 Å². The molecule has 0 spiro atoms. The van der Waals surface area contributed by atoms with Gasteiger partial charge in [0.1, 0.15) is 11.6 Å². The van der Waals surface area contributed by atoms with E-state index in [1.165, 1.54) is 23.5 Å². The largest absolute Gasteiger partial charge is 0.495 e. The summed E-state index contributed by atoms with van der Waals surface area (Å²) in [5.74, 6) is -1.27. The van der Waals surface area contributed by atoms with Crippen molar-refractivity contribution in [2.45, 2.75) is 17.4 Å². The van der Waals surface area contributed by atoms with Crippen molar-refractivity contribution in [2.24, 2.45) is 7.05 Å². The highest BCUT2D eigenvalue weighted by atomic mass is 32.2. The van der Waals surface area contributed by atoms with E-state index in [9.17, 15) is 17.6 Å². The summed E-state index contributed by atoms with van der Waals surface area (Å²) in [6.07, 6.45) is 1.70. The van der Waals surface area contributed by atoms with Crippen LogP contribution in [0.5, 0.6) is 5.75 Å². The molecule has 0 aliphatic carbocycles. The highest BCUT2D eigenvalue weighted by molar-refractivity contribution is 7.89. The fourth-order valence-electron chi connectivity index (χ4n) is 3.63. The van der Waals surface area contributed by atoms with Crippen LogP contribution >= 0.6 is 0 Å². The van der Waals surface area contributed by atoms with Crippen molar-refractivity contribution < 1.29 is 22.3 Å². The molecule has 31 heavy (non-hydrogen) atoms. The van der Waals surface area contributed by atoms with Gasteiger partial charge in [0.25, 0.3) is 0 Å². The SMILES string of the molecule is COc1ccccc1NC(=O)[C@H]1CN(S(=O)(=O)c2ccc(F)cc2)Cc2cn(C)nc21. The Balaban J connectivity index is 1.67. The summed E-state index contributed by atoms with van der Waals surface area (Å²) >= 11 is 0. The van der Waals surface area contributed by atoms with E-state index in [4.69, 9.17) is 4.74 Å². The first-order valence-corrected chi connectivity index (χ1v) is 11.0. The molecular formula is C21H21FN4O4S. The fourth-order valence-corrected chi connectivity index (χ4v) is 5.06. The Morgan fingerprint density at radius 2 is 1.90 bits per heavy atom. The number of halogens is 1. The fraction of sp³-hybridized carbons (Fsp3) is 0.238. The lowest BCUT2D eigenvalue weighted by Gasteiger charge is -2.30. The first kappa shape index (κ1) is 21.0. The Kier molecular flexibility index (Phi) is 5.50. The lowest BCUT2D eigenvalue weighted by Crippen LogP contribution is -2.41. The lowest BCUT2D eigenvalue weighted by atomic mass is 9.97. The number of nitrogens with zero attached hydrogens (tertiary/aromatic N) is 3. The molecule has 2 aromatic carbocycles. The summed E-state index contributed by atoms with van der Waals surface area (Å²) in [7, 11) is -0.725. The third-order valence-corrected chi connectivity index (χ3v) is 6.96. The minimum absolute atomic E-state index is 0.0369. The minimum atomic E-state index is -3.94. The number of sulfonamides is 1. The Bertz CT molecular complexity index is 1220. The number of nitrogens with one attached hydrogen (secondary N) is 1. The third kappa shape index (κ3) is 4.04. The number of hydrogen-bond acceptors (Lipinski definition) is 5. The van der Waals surface area contributed by atoms with Gasteiger partial charge in [0.2, 0.25) is 15.9 Å². The Hall–Kier alpha value is -3.24. The molecule has 0 saturated heterocycles. The number of benzene rings is 2. The molecule has 1 aromatic heterocycles. The number of anilines is 1. The normalized spacial score (nSPS) is 16.5. The molecule has 4 rings (SSSR count). The number of carbonyl (C=O) groups excluding carboxylic acids is 1. The summed E-state index contributed by atoms with van der Waals surface area (Å²) in [6, 6.07) is 11.6. The van der Waals surface area contributed by atoms with Gasteiger partial charge in [-0.2, -0.15) is 9.40 Å². The molecule has 0 bridgehead atoms. The van der Waals surface area contributed by atoms with Gasteiger partial charge in [-0.1, -0.05) is 12.1 Å². The monoisotopic (exact) mass is 444 g/mol. The topological polar surface area (TPSA) is 93.5 Å². The van der Waals surface area contributed by atoms with Crippen molar-refractivity contribution >= 4 is 21.6 Å². The van der Waals surface area contributed by atoms with E-state index in [1.54, 1.807) is 42.2 Å². The summed E-state index contributed by atoms with van der Waals surface area (Å²) in [6.45, 7) is -0.0218. The molecule has 162 valence electrons. The van der Waals surface area contributed by atoms with Gasteiger partial charge in [0, 0.05) is 31.9 Å². The number of rotatable bonds is 5. The highest BCUT2D eigenvalue weighted by Gasteiger charge is 2.38. The van der Waals surface area contributed by atoms with Crippen LogP contribution in [0.15, 0.2) is 59.6 Å². The van der Waals surface area contributed by atoms with Crippen molar-refractivity contribution in [2.75, 3.05) is 19.0 Å². The summed E-state index contributed by atoms with van der Waals surface area (Å²) in [5.41, 5.74) is 1.64. The number of amides is 1. The second-order valence-corrected chi connectivity index (χ2v) is 9.14. The average molecular weight is 444 g/mol. The Morgan fingerprint density at radius 1 is 1.19 bits per heavy atom. The molecule has 0 unspecified atom stereocenters. The number of ether oxygens (including phenoxy) is 1. The lowest BCUT2D eigenvalue weighted by molar-refractivity contribution is -0.118. The molecule has 3 aromatic rings. The van der Waals surface area contributed by atoms with Crippen LogP contribution in [0.4, 0.5) is 10.1 Å². The van der Waals surface area contributed by atoms with Crippen molar-refractivity contribution in [3.05, 3.63) is 71.8 Å². The predicted octanol–water partition coefficient (Wildman–Crippen LogP) is 2.49. The second-order valence-electron chi connectivity index (χ2n) is 7.21. The molecular weight excluding hydrogens is 423 g/mol. The third-order valence-electron chi connectivity index (χ3n) is 5.13. The van der Waals surface area contributed by atoms with E-state index < -0.39 is 27.7 Å². The van der Waals surface area contributed by atoms with Gasteiger partial charge >= 0.3 is 0 Å². The molecule has 0 saturated carbocycles. The predicted molar refractivity (Wildman–Crippen MR) is 112 cm³/mol. The number of para-hydroxylation sites is 2. The molecule has 0 radical (unpaired) electrons. The van der Waals surface area contributed by atoms with Gasteiger partial charge in [-0.15, -0.1) is 0 Å². The van der Waals surface area contributed by atoms with E-state index in [0.29, 0.717) is 22.7 Å². The van der Waals surface area contributed by atoms with Crippen LogP contribution in [0.3, 0.4) is 0 Å². The average Bonchev–Trinajstić information content (AvgIpc) is 3.13. The zero-order chi connectivity index (χ0) is 22.2. The van der Waals surface area contributed by atoms with E-state index in [-0.39, 0.29) is 18.0 Å². The smallest absolute Gasteiger partial charge is 0.243 e. The number of carbonyl (C=O) groups is 1. The Labute approximate surface area is 179 Å². The van der Waals surface area contributed by atoms with Crippen LogP contribution in [0, 0.1) is 5.82 Å². The molecule has 2 heterocycles. The molecule has 1 atom stereocenters. The molecule has 1 aliphatic heterocycles. The first-order chi connectivity index (χ1) is 14.8. The van der Waals surface area contributed by atoms with Gasteiger partial charge in [0.15, 0.2) is 0 Å². The van der Waals surface area contributed by atoms with Gasteiger partial charge in [0.05, 0.1) is 29.3 Å². The maximum Gasteiger partial charge on any atom is 0.243 e.